The maximum Gasteiger partial charge on any atom is 0.300 e. The molecule has 0 radical (unpaired) electrons. The lowest BCUT2D eigenvalue weighted by Gasteiger charge is -2.08. The van der Waals surface area contributed by atoms with Gasteiger partial charge in [0.2, 0.25) is 5.52 Å². The third-order valence-electron chi connectivity index (χ3n) is 5.00. The van der Waals surface area contributed by atoms with Gasteiger partial charge in [0.1, 0.15) is 6.10 Å². The van der Waals surface area contributed by atoms with E-state index < -0.39 is 17.1 Å². The Hall–Kier alpha value is -3.62. The molecule has 0 saturated carbocycles. The van der Waals surface area contributed by atoms with Crippen LogP contribution < -0.4 is 11.1 Å². The molecule has 34 heavy (non-hydrogen) atoms. The van der Waals surface area contributed by atoms with Gasteiger partial charge in [-0.25, -0.2) is 4.63 Å². The first-order chi connectivity index (χ1) is 16.5. The van der Waals surface area contributed by atoms with Crippen LogP contribution in [0.15, 0.2) is 16.8 Å². The first-order valence-electron chi connectivity index (χ1n) is 11.2. The lowest BCUT2D eigenvalue weighted by Crippen LogP contribution is -2.36. The normalized spacial score (nSPS) is 11.9. The summed E-state index contributed by atoms with van der Waals surface area (Å²) >= 11 is 0. The number of hydrogen-bond donors (Lipinski definition) is 4. The minimum absolute atomic E-state index is 0.119. The van der Waals surface area contributed by atoms with Gasteiger partial charge in [-0.1, -0.05) is 43.9 Å². The smallest absolute Gasteiger partial charge is 0.300 e. The van der Waals surface area contributed by atoms with Crippen LogP contribution in [0.3, 0.4) is 0 Å². The number of hydrogen-bond acceptors (Lipinski definition) is 9. The summed E-state index contributed by atoms with van der Waals surface area (Å²) in [6, 6.07) is 2.25. The Labute approximate surface area is 198 Å². The Balaban J connectivity index is 1.51. The molecule has 0 saturated heterocycles. The summed E-state index contributed by atoms with van der Waals surface area (Å²) in [5.74, 6) is 15.8. The van der Waals surface area contributed by atoms with Crippen LogP contribution in [0.25, 0.3) is 11.0 Å². The third kappa shape index (κ3) is 9.09. The number of nitrogens with zero attached hydrogens (tertiary/aromatic N) is 3. The van der Waals surface area contributed by atoms with Crippen LogP contribution in [0.4, 0.5) is 11.4 Å². The van der Waals surface area contributed by atoms with Crippen molar-refractivity contribution in [2.75, 3.05) is 18.5 Å². The van der Waals surface area contributed by atoms with Crippen LogP contribution in [-0.2, 0) is 0 Å². The van der Waals surface area contributed by atoms with E-state index in [2.05, 4.69) is 55.8 Å². The van der Waals surface area contributed by atoms with Crippen LogP contribution in [0.2, 0.25) is 0 Å². The molecule has 0 bridgehead atoms. The van der Waals surface area contributed by atoms with Gasteiger partial charge in [0.25, 0.3) is 0 Å². The molecule has 0 spiro atoms. The molecular formula is C24H29N5O5. The highest BCUT2D eigenvalue weighted by atomic mass is 16.6. The zero-order valence-corrected chi connectivity index (χ0v) is 18.9. The maximum absolute atomic E-state index is 11.0. The largest absolute Gasteiger partial charge is 0.395 e. The van der Waals surface area contributed by atoms with Crippen molar-refractivity contribution < 1.29 is 19.8 Å². The van der Waals surface area contributed by atoms with Gasteiger partial charge in [-0.15, -0.1) is 0 Å². The molecule has 10 nitrogen and oxygen atoms in total. The van der Waals surface area contributed by atoms with Gasteiger partial charge >= 0.3 is 5.69 Å². The minimum Gasteiger partial charge on any atom is -0.395 e. The SMILES string of the molecule is N[C@@H](CO)[C@H](O)C#CC#CC#CCCCCCCCCCNc1ccc([N+](=O)[O-])c2nonc12. The first-order valence-corrected chi connectivity index (χ1v) is 11.2. The van der Waals surface area contributed by atoms with Crippen molar-refractivity contribution in [2.45, 2.75) is 63.5 Å². The number of aromatic nitrogens is 2. The van der Waals surface area contributed by atoms with Crippen LogP contribution >= 0.6 is 0 Å². The predicted molar refractivity (Wildman–Crippen MR) is 128 cm³/mol. The molecule has 0 amide bonds. The summed E-state index contributed by atoms with van der Waals surface area (Å²) in [5.41, 5.74) is 6.51. The summed E-state index contributed by atoms with van der Waals surface area (Å²) in [6.45, 7) is 0.407. The molecule has 10 heteroatoms. The summed E-state index contributed by atoms with van der Waals surface area (Å²) in [6.07, 6.45) is 7.36. The maximum atomic E-state index is 11.0. The van der Waals surface area contributed by atoms with Gasteiger partial charge in [0.15, 0.2) is 5.52 Å². The van der Waals surface area contributed by atoms with Gasteiger partial charge in [-0.3, -0.25) is 10.1 Å². The Kier molecular flexibility index (Phi) is 12.0. The van der Waals surface area contributed by atoms with E-state index in [1.165, 1.54) is 6.07 Å². The summed E-state index contributed by atoms with van der Waals surface area (Å²) in [7, 11) is 0. The summed E-state index contributed by atoms with van der Waals surface area (Å²) in [5, 5.41) is 39.9. The molecule has 1 aromatic heterocycles. The van der Waals surface area contributed by atoms with E-state index in [9.17, 15) is 15.2 Å². The molecule has 0 fully saturated rings. The van der Waals surface area contributed by atoms with Crippen molar-refractivity contribution in [2.24, 2.45) is 5.73 Å². The number of nitrogens with two attached hydrogens (primary N) is 1. The van der Waals surface area contributed by atoms with Gasteiger partial charge in [-0.2, -0.15) is 0 Å². The Morgan fingerprint density at radius 2 is 1.71 bits per heavy atom. The summed E-state index contributed by atoms with van der Waals surface area (Å²) < 4.78 is 4.66. The zero-order chi connectivity index (χ0) is 24.6. The fourth-order valence-electron chi connectivity index (χ4n) is 3.07. The van der Waals surface area contributed by atoms with Gasteiger partial charge in [-0.05, 0) is 52.9 Å². The Morgan fingerprint density at radius 3 is 2.44 bits per heavy atom. The molecular weight excluding hydrogens is 438 g/mol. The van der Waals surface area contributed by atoms with Crippen molar-refractivity contribution in [3.8, 4) is 35.5 Å². The van der Waals surface area contributed by atoms with Crippen LogP contribution in [-0.4, -0.2) is 50.7 Å². The molecule has 2 rings (SSSR count). The average Bonchev–Trinajstić information content (AvgIpc) is 3.33. The number of aliphatic hydroxyl groups is 2. The number of aliphatic hydroxyl groups excluding tert-OH is 2. The monoisotopic (exact) mass is 467 g/mol. The summed E-state index contributed by atoms with van der Waals surface area (Å²) in [4.78, 5) is 10.5. The number of non-ortho nitro benzene ring substituents is 1. The number of fused-ring (bicyclic) bond motifs is 1. The van der Waals surface area contributed by atoms with Crippen LogP contribution in [0, 0.1) is 45.6 Å². The number of anilines is 1. The standard InChI is InChI=1S/C24H29N5O5/c25-19(18-30)22(31)14-12-10-8-6-4-2-1-3-5-7-9-11-13-17-26-20-15-16-21(29(32)33)24-23(20)27-34-28-24/h15-16,19,22,26,30-31H,1-3,5,7,9,11,13,17-18,25H2/t19-,22+/m0/s1. The molecule has 0 aliphatic rings. The van der Waals surface area contributed by atoms with Gasteiger partial charge < -0.3 is 21.3 Å². The lowest BCUT2D eigenvalue weighted by atomic mass is 10.1. The fourth-order valence-corrected chi connectivity index (χ4v) is 3.07. The van der Waals surface area contributed by atoms with Crippen LogP contribution in [0.5, 0.6) is 0 Å². The van der Waals surface area contributed by atoms with Gasteiger partial charge in [0, 0.05) is 19.0 Å². The van der Waals surface area contributed by atoms with E-state index in [1.54, 1.807) is 6.07 Å². The topological polar surface area (TPSA) is 161 Å². The molecule has 5 N–H and O–H groups in total. The van der Waals surface area contributed by atoms with Crippen molar-refractivity contribution in [3.63, 3.8) is 0 Å². The highest BCUT2D eigenvalue weighted by Crippen LogP contribution is 2.28. The minimum atomic E-state index is -1.10. The van der Waals surface area contributed by atoms with Crippen molar-refractivity contribution in [3.05, 3.63) is 22.2 Å². The molecule has 2 aromatic rings. The molecule has 1 heterocycles. The quantitative estimate of drug-likeness (QED) is 0.150. The number of nitro benzene ring substituents is 1. The van der Waals surface area contributed by atoms with Crippen molar-refractivity contribution in [1.29, 1.82) is 0 Å². The molecule has 0 unspecified atom stereocenters. The second-order valence-electron chi connectivity index (χ2n) is 7.61. The lowest BCUT2D eigenvalue weighted by molar-refractivity contribution is -0.383. The second kappa shape index (κ2) is 15.3. The van der Waals surface area contributed by atoms with E-state index in [-0.39, 0.29) is 17.8 Å². The van der Waals surface area contributed by atoms with E-state index in [4.69, 9.17) is 10.8 Å². The molecule has 2 atom stereocenters. The number of unbranched alkanes of at least 4 members (excludes halogenated alkanes) is 7. The zero-order valence-electron chi connectivity index (χ0n) is 18.9. The average molecular weight is 468 g/mol. The van der Waals surface area contributed by atoms with Crippen molar-refractivity contribution in [1.82, 2.24) is 10.3 Å². The molecule has 0 aliphatic carbocycles. The van der Waals surface area contributed by atoms with E-state index in [1.807, 2.05) is 0 Å². The fraction of sp³-hybridized carbons (Fsp3) is 0.500. The molecule has 180 valence electrons. The van der Waals surface area contributed by atoms with Crippen LogP contribution in [0.1, 0.15) is 51.4 Å². The van der Waals surface area contributed by atoms with E-state index >= 15 is 0 Å². The second-order valence-corrected chi connectivity index (χ2v) is 7.61. The number of benzene rings is 1. The first kappa shape index (κ1) is 26.6. The molecule has 0 aliphatic heterocycles. The van der Waals surface area contributed by atoms with E-state index in [0.717, 1.165) is 57.9 Å². The Morgan fingerprint density at radius 1 is 1.03 bits per heavy atom. The van der Waals surface area contributed by atoms with Gasteiger partial charge in [0.05, 0.1) is 23.3 Å². The molecule has 1 aromatic carbocycles. The number of rotatable bonds is 13. The highest BCUT2D eigenvalue weighted by Gasteiger charge is 2.19. The predicted octanol–water partition coefficient (Wildman–Crippen LogP) is 2.35. The highest BCUT2D eigenvalue weighted by molar-refractivity contribution is 5.93. The van der Waals surface area contributed by atoms with Crippen molar-refractivity contribution >= 4 is 22.4 Å². The van der Waals surface area contributed by atoms with E-state index in [0.29, 0.717) is 11.2 Å². The number of nitrogens with one attached hydrogen (secondary N) is 1. The Bertz CT molecular complexity index is 1110. The third-order valence-corrected chi connectivity index (χ3v) is 5.00. The number of nitro groups is 1.